The maximum absolute atomic E-state index is 6.72. The minimum atomic E-state index is -0.625. The van der Waals surface area contributed by atoms with Gasteiger partial charge in [-0.25, -0.2) is 9.97 Å². The summed E-state index contributed by atoms with van der Waals surface area (Å²) in [5.74, 6) is 2.46. The number of ether oxygens (including phenoxy) is 1. The summed E-state index contributed by atoms with van der Waals surface area (Å²) in [5.41, 5.74) is 15.1. The van der Waals surface area contributed by atoms with Gasteiger partial charge in [-0.15, -0.1) is 11.3 Å². The Morgan fingerprint density at radius 1 is 0.410 bits per heavy atom. The van der Waals surface area contributed by atoms with Crippen LogP contribution in [0.15, 0.2) is 206 Å². The van der Waals surface area contributed by atoms with Crippen LogP contribution < -0.4 is 4.74 Å². The van der Waals surface area contributed by atoms with E-state index in [1.165, 1.54) is 37.7 Å². The molecule has 0 amide bonds. The molecule has 0 unspecified atom stereocenters. The molecule has 61 heavy (non-hydrogen) atoms. The summed E-state index contributed by atoms with van der Waals surface area (Å²) in [4.78, 5) is 11.1. The molecule has 0 atom stereocenters. The minimum absolute atomic E-state index is 0.625. The lowest BCUT2D eigenvalue weighted by Crippen LogP contribution is -2.32. The van der Waals surface area contributed by atoms with E-state index >= 15 is 0 Å². The molecule has 3 nitrogen and oxygen atoms in total. The largest absolute Gasteiger partial charge is 0.457 e. The second-order valence-electron chi connectivity index (χ2n) is 16.0. The number of fused-ring (bicyclic) bond motifs is 14. The van der Waals surface area contributed by atoms with Gasteiger partial charge in [-0.05, 0) is 97.7 Å². The van der Waals surface area contributed by atoms with E-state index in [9.17, 15) is 0 Å². The van der Waals surface area contributed by atoms with Crippen molar-refractivity contribution in [1.29, 1.82) is 0 Å². The molecule has 3 heterocycles. The first-order chi connectivity index (χ1) is 30.2. The highest BCUT2D eigenvalue weighted by Gasteiger charge is 2.51. The molecule has 1 aliphatic carbocycles. The van der Waals surface area contributed by atoms with Crippen molar-refractivity contribution in [2.24, 2.45) is 0 Å². The Morgan fingerprint density at radius 3 is 1.74 bits per heavy atom. The molecular weight excluding hydrogens is 761 g/mol. The lowest BCUT2D eigenvalue weighted by Gasteiger charge is -2.39. The Labute approximate surface area is 356 Å². The third kappa shape index (κ3) is 5.03. The summed E-state index contributed by atoms with van der Waals surface area (Å²) in [7, 11) is 0. The fourth-order valence-corrected chi connectivity index (χ4v) is 11.2. The summed E-state index contributed by atoms with van der Waals surface area (Å²) in [6.07, 6.45) is 0. The molecule has 0 saturated carbocycles. The predicted octanol–water partition coefficient (Wildman–Crippen LogP) is 15.1. The molecule has 0 bridgehead atoms. The van der Waals surface area contributed by atoms with E-state index in [1.54, 1.807) is 11.3 Å². The van der Waals surface area contributed by atoms with Crippen LogP contribution in [0.2, 0.25) is 0 Å². The zero-order valence-corrected chi connectivity index (χ0v) is 33.7. The van der Waals surface area contributed by atoms with Crippen molar-refractivity contribution in [2.45, 2.75) is 5.41 Å². The second kappa shape index (κ2) is 13.2. The number of benzene rings is 9. The van der Waals surface area contributed by atoms with Gasteiger partial charge in [-0.2, -0.15) is 0 Å². The van der Waals surface area contributed by atoms with Crippen molar-refractivity contribution in [3.63, 3.8) is 0 Å². The average Bonchev–Trinajstić information content (AvgIpc) is 3.85. The highest BCUT2D eigenvalue weighted by Crippen LogP contribution is 2.63. The molecule has 1 aliphatic heterocycles. The van der Waals surface area contributed by atoms with Crippen LogP contribution in [0.5, 0.6) is 11.5 Å². The van der Waals surface area contributed by atoms with Crippen LogP contribution in [-0.4, -0.2) is 9.97 Å². The Kier molecular flexibility index (Phi) is 7.39. The van der Waals surface area contributed by atoms with Crippen molar-refractivity contribution in [2.75, 3.05) is 0 Å². The predicted molar refractivity (Wildman–Crippen MR) is 252 cm³/mol. The maximum atomic E-state index is 6.72. The molecule has 0 N–H and O–H groups in total. The highest BCUT2D eigenvalue weighted by atomic mass is 32.1. The van der Waals surface area contributed by atoms with E-state index in [0.717, 1.165) is 77.3 Å². The van der Waals surface area contributed by atoms with Gasteiger partial charge in [0, 0.05) is 32.3 Å². The standard InChI is InChI=1S/C57H34N2OS/c1-3-15-35(16-4-1)39-31-40(36-17-5-2-6-18-36)33-41(32-39)56-58-53(55-54(59-56)44-21-9-14-26-51(44)61-55)38-27-29-43-48(34-38)57(47-30-28-37-19-7-8-20-42(37)52(43)47)45-22-10-12-24-49(45)60-50-25-13-11-23-46(50)57/h1-34H. The lowest BCUT2D eigenvalue weighted by atomic mass is 9.66. The number of rotatable bonds is 4. The number of hydrogen-bond acceptors (Lipinski definition) is 4. The zero-order chi connectivity index (χ0) is 40.1. The molecule has 0 radical (unpaired) electrons. The Balaban J connectivity index is 1.11. The zero-order valence-electron chi connectivity index (χ0n) is 32.8. The Hall–Kier alpha value is -7.66. The first kappa shape index (κ1) is 34.2. The fraction of sp³-hybridized carbons (Fsp3) is 0.0175. The van der Waals surface area contributed by atoms with Crippen LogP contribution in [0.4, 0.5) is 0 Å². The van der Waals surface area contributed by atoms with E-state index in [0.29, 0.717) is 5.82 Å². The summed E-state index contributed by atoms with van der Waals surface area (Å²) < 4.78 is 8.99. The molecule has 2 aromatic heterocycles. The van der Waals surface area contributed by atoms with E-state index in [2.05, 4.69) is 206 Å². The van der Waals surface area contributed by atoms with Crippen LogP contribution >= 0.6 is 11.3 Å². The van der Waals surface area contributed by atoms with Crippen molar-refractivity contribution in [3.8, 4) is 67.5 Å². The van der Waals surface area contributed by atoms with Gasteiger partial charge < -0.3 is 4.74 Å². The van der Waals surface area contributed by atoms with Gasteiger partial charge in [0.25, 0.3) is 0 Å². The summed E-state index contributed by atoms with van der Waals surface area (Å²) in [5, 5.41) is 3.61. The van der Waals surface area contributed by atoms with Crippen LogP contribution in [-0.2, 0) is 5.41 Å². The number of hydrogen-bond donors (Lipinski definition) is 0. The van der Waals surface area contributed by atoms with E-state index in [4.69, 9.17) is 14.7 Å². The number of thiophene rings is 1. The molecule has 0 saturated heterocycles. The summed E-state index contributed by atoms with van der Waals surface area (Å²) in [6.45, 7) is 0. The molecule has 9 aromatic carbocycles. The van der Waals surface area contributed by atoms with Gasteiger partial charge in [0.2, 0.25) is 0 Å². The Morgan fingerprint density at radius 2 is 1.02 bits per heavy atom. The van der Waals surface area contributed by atoms with Crippen LogP contribution in [0, 0.1) is 0 Å². The highest BCUT2D eigenvalue weighted by molar-refractivity contribution is 7.26. The van der Waals surface area contributed by atoms with Crippen molar-refractivity contribution in [1.82, 2.24) is 9.97 Å². The van der Waals surface area contributed by atoms with Gasteiger partial charge in [0.05, 0.1) is 21.3 Å². The average molecular weight is 795 g/mol. The smallest absolute Gasteiger partial charge is 0.160 e. The third-order valence-corrected chi connectivity index (χ3v) is 13.9. The molecule has 4 heteroatoms. The van der Waals surface area contributed by atoms with Gasteiger partial charge in [0.1, 0.15) is 11.5 Å². The van der Waals surface area contributed by atoms with Gasteiger partial charge in [0.15, 0.2) is 5.82 Å². The van der Waals surface area contributed by atoms with Gasteiger partial charge in [-0.3, -0.25) is 0 Å². The second-order valence-corrected chi connectivity index (χ2v) is 17.1. The Bertz CT molecular complexity index is 3470. The van der Waals surface area contributed by atoms with Crippen molar-refractivity contribution >= 4 is 42.4 Å². The van der Waals surface area contributed by atoms with Gasteiger partial charge >= 0.3 is 0 Å². The molecular formula is C57H34N2OS. The summed E-state index contributed by atoms with van der Waals surface area (Å²) >= 11 is 1.77. The van der Waals surface area contributed by atoms with Crippen molar-refractivity contribution in [3.05, 3.63) is 229 Å². The molecule has 1 spiro atoms. The summed E-state index contributed by atoms with van der Waals surface area (Å²) in [6, 6.07) is 74.2. The molecule has 11 aromatic rings. The molecule has 0 fully saturated rings. The van der Waals surface area contributed by atoms with E-state index < -0.39 is 5.41 Å². The van der Waals surface area contributed by atoms with Crippen molar-refractivity contribution < 1.29 is 4.74 Å². The van der Waals surface area contributed by atoms with Crippen LogP contribution in [0.1, 0.15) is 22.3 Å². The number of nitrogens with zero attached hydrogens (tertiary/aromatic N) is 2. The number of para-hydroxylation sites is 2. The lowest BCUT2D eigenvalue weighted by molar-refractivity contribution is 0.436. The van der Waals surface area contributed by atoms with E-state index in [1.807, 2.05) is 0 Å². The topological polar surface area (TPSA) is 35.0 Å². The maximum Gasteiger partial charge on any atom is 0.160 e. The van der Waals surface area contributed by atoms with Gasteiger partial charge in [-0.1, -0.05) is 164 Å². The fourth-order valence-electron chi connectivity index (χ4n) is 10.1. The molecule has 13 rings (SSSR count). The quantitative estimate of drug-likeness (QED) is 0.178. The first-order valence-electron chi connectivity index (χ1n) is 20.7. The number of aromatic nitrogens is 2. The third-order valence-electron chi connectivity index (χ3n) is 12.7. The normalized spacial score (nSPS) is 13.2. The van der Waals surface area contributed by atoms with Crippen LogP contribution in [0.25, 0.3) is 87.1 Å². The molecule has 2 aliphatic rings. The first-order valence-corrected chi connectivity index (χ1v) is 21.5. The monoisotopic (exact) mass is 794 g/mol. The minimum Gasteiger partial charge on any atom is -0.457 e. The SMILES string of the molecule is c1ccc(-c2cc(-c3ccccc3)cc(-c3nc(-c4ccc5c(c4)C4(c6ccccc6Oc6ccccc64)c4ccc6ccccc6c4-5)c4sc5ccccc5c4n3)c2)cc1. The van der Waals surface area contributed by atoms with E-state index in [-0.39, 0.29) is 0 Å². The van der Waals surface area contributed by atoms with Crippen LogP contribution in [0.3, 0.4) is 0 Å². The molecule has 284 valence electrons.